The molecular formula is C18H21ClN2O2. The molecular weight excluding hydrogens is 312 g/mol. The van der Waals surface area contributed by atoms with E-state index in [0.29, 0.717) is 23.3 Å². The highest BCUT2D eigenvalue weighted by Gasteiger charge is 2.47. The second kappa shape index (κ2) is 5.84. The van der Waals surface area contributed by atoms with Crippen molar-refractivity contribution in [3.05, 3.63) is 35.0 Å². The van der Waals surface area contributed by atoms with E-state index in [0.717, 1.165) is 22.9 Å². The zero-order chi connectivity index (χ0) is 16.0. The van der Waals surface area contributed by atoms with Crippen molar-refractivity contribution in [3.8, 4) is 0 Å². The maximum absolute atomic E-state index is 12.5. The monoisotopic (exact) mass is 332 g/mol. The Morgan fingerprint density at radius 1 is 1.35 bits per heavy atom. The number of carbonyl (C=O) groups is 1. The van der Waals surface area contributed by atoms with Crippen LogP contribution >= 0.6 is 11.6 Å². The van der Waals surface area contributed by atoms with Crippen LogP contribution in [0.4, 0.5) is 0 Å². The maximum Gasteiger partial charge on any atom is 0.224 e. The van der Waals surface area contributed by atoms with Gasteiger partial charge in [0.15, 0.2) is 0 Å². The van der Waals surface area contributed by atoms with E-state index in [1.54, 1.807) is 0 Å². The molecule has 122 valence electrons. The summed E-state index contributed by atoms with van der Waals surface area (Å²) in [5.41, 5.74) is 1.95. The van der Waals surface area contributed by atoms with E-state index in [1.165, 1.54) is 12.8 Å². The summed E-state index contributed by atoms with van der Waals surface area (Å²) in [6.45, 7) is 0.175. The highest BCUT2D eigenvalue weighted by molar-refractivity contribution is 6.31. The summed E-state index contributed by atoms with van der Waals surface area (Å²) in [6, 6.07) is 5.80. The first-order chi connectivity index (χ1) is 11.2. The Morgan fingerprint density at radius 3 is 3.00 bits per heavy atom. The number of rotatable bonds is 4. The van der Waals surface area contributed by atoms with Gasteiger partial charge in [-0.3, -0.25) is 4.79 Å². The Balaban J connectivity index is 1.48. The Bertz CT molecular complexity index is 742. The summed E-state index contributed by atoms with van der Waals surface area (Å²) in [6.07, 6.45) is 5.74. The highest BCUT2D eigenvalue weighted by atomic mass is 35.5. The molecule has 2 aliphatic rings. The number of aliphatic hydroxyl groups is 1. The van der Waals surface area contributed by atoms with Gasteiger partial charge in [-0.2, -0.15) is 0 Å². The smallest absolute Gasteiger partial charge is 0.224 e. The van der Waals surface area contributed by atoms with Gasteiger partial charge in [0.05, 0.1) is 6.42 Å². The minimum absolute atomic E-state index is 0.0295. The van der Waals surface area contributed by atoms with Crippen molar-refractivity contribution in [2.75, 3.05) is 6.61 Å². The molecule has 4 rings (SSSR count). The molecule has 4 atom stereocenters. The largest absolute Gasteiger partial charge is 0.396 e. The fourth-order valence-electron chi connectivity index (χ4n) is 4.60. The predicted octanol–water partition coefficient (Wildman–Crippen LogP) is 2.89. The number of hydrogen-bond donors (Lipinski definition) is 3. The lowest BCUT2D eigenvalue weighted by atomic mass is 9.85. The number of nitrogens with one attached hydrogen (secondary N) is 2. The van der Waals surface area contributed by atoms with Crippen molar-refractivity contribution in [2.24, 2.45) is 17.8 Å². The second-order valence-corrected chi connectivity index (χ2v) is 7.39. The molecule has 0 aliphatic heterocycles. The first-order valence-electron chi connectivity index (χ1n) is 8.31. The van der Waals surface area contributed by atoms with Crippen LogP contribution in [-0.2, 0) is 11.2 Å². The minimum atomic E-state index is 0.0295. The van der Waals surface area contributed by atoms with Crippen LogP contribution in [0.3, 0.4) is 0 Å². The van der Waals surface area contributed by atoms with E-state index in [2.05, 4.69) is 10.3 Å². The molecule has 4 unspecified atom stereocenters. The first kappa shape index (κ1) is 15.0. The van der Waals surface area contributed by atoms with E-state index in [-0.39, 0.29) is 24.5 Å². The number of carbonyl (C=O) groups excluding carboxylic acids is 1. The molecule has 0 saturated heterocycles. The van der Waals surface area contributed by atoms with Gasteiger partial charge < -0.3 is 15.4 Å². The zero-order valence-corrected chi connectivity index (χ0v) is 13.6. The molecule has 23 heavy (non-hydrogen) atoms. The molecule has 2 bridgehead atoms. The lowest BCUT2D eigenvalue weighted by Gasteiger charge is -2.30. The van der Waals surface area contributed by atoms with Gasteiger partial charge in [0.1, 0.15) is 0 Å². The van der Waals surface area contributed by atoms with Crippen molar-refractivity contribution in [3.63, 3.8) is 0 Å². The Labute approximate surface area is 140 Å². The third-order valence-corrected chi connectivity index (χ3v) is 5.94. The minimum Gasteiger partial charge on any atom is -0.396 e. The van der Waals surface area contributed by atoms with Crippen molar-refractivity contribution in [1.29, 1.82) is 0 Å². The Morgan fingerprint density at radius 2 is 2.17 bits per heavy atom. The summed E-state index contributed by atoms with van der Waals surface area (Å²) < 4.78 is 0. The van der Waals surface area contributed by atoms with Crippen LogP contribution in [0.1, 0.15) is 24.8 Å². The predicted molar refractivity (Wildman–Crippen MR) is 90.4 cm³/mol. The van der Waals surface area contributed by atoms with Crippen molar-refractivity contribution < 1.29 is 9.90 Å². The molecule has 1 heterocycles. The van der Waals surface area contributed by atoms with Gasteiger partial charge in [-0.25, -0.2) is 0 Å². The van der Waals surface area contributed by atoms with Gasteiger partial charge in [-0.05, 0) is 54.9 Å². The maximum atomic E-state index is 12.5. The number of aromatic amines is 1. The lowest BCUT2D eigenvalue weighted by molar-refractivity contribution is -0.122. The van der Waals surface area contributed by atoms with Crippen LogP contribution in [0.15, 0.2) is 24.4 Å². The second-order valence-electron chi connectivity index (χ2n) is 6.95. The van der Waals surface area contributed by atoms with Gasteiger partial charge in [0.25, 0.3) is 0 Å². The molecule has 4 nitrogen and oxygen atoms in total. The number of fused-ring (bicyclic) bond motifs is 3. The fraction of sp³-hybridized carbons (Fsp3) is 0.500. The van der Waals surface area contributed by atoms with Crippen molar-refractivity contribution >= 4 is 28.4 Å². The fourth-order valence-corrected chi connectivity index (χ4v) is 4.78. The van der Waals surface area contributed by atoms with Gasteiger partial charge in [0, 0.05) is 40.7 Å². The van der Waals surface area contributed by atoms with Crippen LogP contribution in [0, 0.1) is 17.8 Å². The molecule has 0 spiro atoms. The molecule has 0 radical (unpaired) electrons. The molecule has 2 aromatic rings. The molecule has 2 saturated carbocycles. The summed E-state index contributed by atoms with van der Waals surface area (Å²) in [4.78, 5) is 15.7. The third kappa shape index (κ3) is 2.64. The molecule has 1 aromatic carbocycles. The molecule has 1 aromatic heterocycles. The van der Waals surface area contributed by atoms with E-state index >= 15 is 0 Å². The lowest BCUT2D eigenvalue weighted by Crippen LogP contribution is -2.45. The Hall–Kier alpha value is -1.52. The normalized spacial score (nSPS) is 29.3. The Kier molecular flexibility index (Phi) is 3.82. The summed E-state index contributed by atoms with van der Waals surface area (Å²) in [5.74, 6) is 1.39. The van der Waals surface area contributed by atoms with Crippen LogP contribution in [0.2, 0.25) is 5.02 Å². The van der Waals surface area contributed by atoms with Gasteiger partial charge in [0.2, 0.25) is 5.91 Å². The summed E-state index contributed by atoms with van der Waals surface area (Å²) in [7, 11) is 0. The van der Waals surface area contributed by atoms with E-state index in [4.69, 9.17) is 11.6 Å². The average molecular weight is 333 g/mol. The number of amides is 1. The van der Waals surface area contributed by atoms with Gasteiger partial charge in [-0.1, -0.05) is 11.6 Å². The topological polar surface area (TPSA) is 65.1 Å². The molecule has 5 heteroatoms. The summed E-state index contributed by atoms with van der Waals surface area (Å²) >= 11 is 6.06. The standard InChI is InChI=1S/C18H21ClN2O2/c19-13-3-4-16-14(7-13)12(8-20-16)6-17(23)21-18-11-2-1-10(5-11)15(18)9-22/h3-4,7-8,10-11,15,18,20,22H,1-2,5-6,9H2,(H,21,23). The highest BCUT2D eigenvalue weighted by Crippen LogP contribution is 2.48. The van der Waals surface area contributed by atoms with Crippen LogP contribution < -0.4 is 5.32 Å². The third-order valence-electron chi connectivity index (χ3n) is 5.71. The number of benzene rings is 1. The molecule has 2 fully saturated rings. The van der Waals surface area contributed by atoms with Crippen LogP contribution in [0.25, 0.3) is 10.9 Å². The van der Waals surface area contributed by atoms with Crippen molar-refractivity contribution in [1.82, 2.24) is 10.3 Å². The molecule has 2 aliphatic carbocycles. The van der Waals surface area contributed by atoms with Crippen LogP contribution in [-0.4, -0.2) is 28.6 Å². The molecule has 1 amide bonds. The number of aliphatic hydroxyl groups excluding tert-OH is 1. The van der Waals surface area contributed by atoms with E-state index in [1.807, 2.05) is 24.4 Å². The van der Waals surface area contributed by atoms with Crippen LogP contribution in [0.5, 0.6) is 0 Å². The van der Waals surface area contributed by atoms with E-state index < -0.39 is 0 Å². The number of aromatic nitrogens is 1. The van der Waals surface area contributed by atoms with Gasteiger partial charge in [-0.15, -0.1) is 0 Å². The molecule has 3 N–H and O–H groups in total. The quantitative estimate of drug-likeness (QED) is 0.806. The first-order valence-corrected chi connectivity index (χ1v) is 8.69. The average Bonchev–Trinajstić information content (AvgIpc) is 3.22. The van der Waals surface area contributed by atoms with Crippen molar-refractivity contribution in [2.45, 2.75) is 31.7 Å². The summed E-state index contributed by atoms with van der Waals surface area (Å²) in [5, 5.41) is 14.5. The SMILES string of the molecule is O=C(Cc1c[nH]c2ccc(Cl)cc12)NC1C2CCC(C2)C1CO. The van der Waals surface area contributed by atoms with Gasteiger partial charge >= 0.3 is 0 Å². The number of H-pyrrole nitrogens is 1. The van der Waals surface area contributed by atoms with E-state index in [9.17, 15) is 9.90 Å². The number of halogens is 1. The zero-order valence-electron chi connectivity index (χ0n) is 12.9. The number of hydrogen-bond acceptors (Lipinski definition) is 2.